The van der Waals surface area contributed by atoms with Crippen LogP contribution in [-0.4, -0.2) is 33.3 Å². The monoisotopic (exact) mass is 357 g/mol. The number of hydrogen-bond acceptors (Lipinski definition) is 5. The van der Waals surface area contributed by atoms with E-state index in [9.17, 15) is 4.79 Å². The Labute approximate surface area is 149 Å². The Balaban J connectivity index is 1.93. The van der Waals surface area contributed by atoms with Gasteiger partial charge < -0.3 is 10.1 Å². The molecule has 0 saturated carbocycles. The van der Waals surface area contributed by atoms with Crippen LogP contribution >= 0.6 is 11.6 Å². The van der Waals surface area contributed by atoms with Crippen molar-refractivity contribution in [3.8, 4) is 11.4 Å². The number of carbonyl (C=O) groups excluding carboxylic acids is 1. The maximum absolute atomic E-state index is 11.8. The lowest BCUT2D eigenvalue weighted by Gasteiger charge is -2.19. The van der Waals surface area contributed by atoms with Gasteiger partial charge in [0.15, 0.2) is 5.82 Å². The molecule has 0 bridgehead atoms. The molecule has 1 aromatic heterocycles. The maximum atomic E-state index is 11.8. The molecule has 25 heavy (non-hydrogen) atoms. The summed E-state index contributed by atoms with van der Waals surface area (Å²) in [4.78, 5) is 11.8. The predicted octanol–water partition coefficient (Wildman–Crippen LogP) is 3.09. The van der Waals surface area contributed by atoms with Crippen LogP contribution in [0.3, 0.4) is 0 Å². The standard InChI is InChI=1S/C17H16ClN5O2/c1-19-17(24)25-15(13-9-5-6-10-14(13)18)11-23-16(20-21-22-23)12-7-3-2-4-8-12/h2-10,15H,11H2,1H3,(H,19,24). The Morgan fingerprint density at radius 2 is 1.92 bits per heavy atom. The number of alkyl carbamates (subject to hydrolysis) is 1. The molecule has 0 aliphatic carbocycles. The number of aromatic nitrogens is 4. The minimum atomic E-state index is -0.639. The molecule has 1 atom stereocenters. The van der Waals surface area contributed by atoms with Gasteiger partial charge in [-0.25, -0.2) is 9.48 Å². The van der Waals surface area contributed by atoms with Crippen LogP contribution in [0.15, 0.2) is 54.6 Å². The molecule has 1 unspecified atom stereocenters. The van der Waals surface area contributed by atoms with Gasteiger partial charge in [-0.2, -0.15) is 0 Å². The van der Waals surface area contributed by atoms with E-state index in [0.717, 1.165) is 5.56 Å². The van der Waals surface area contributed by atoms with Crippen molar-refractivity contribution in [2.45, 2.75) is 12.6 Å². The van der Waals surface area contributed by atoms with Crippen LogP contribution in [0, 0.1) is 0 Å². The molecular weight excluding hydrogens is 342 g/mol. The zero-order chi connectivity index (χ0) is 17.6. The molecule has 0 aliphatic heterocycles. The van der Waals surface area contributed by atoms with Crippen LogP contribution in [0.5, 0.6) is 0 Å². The van der Waals surface area contributed by atoms with Crippen molar-refractivity contribution in [2.75, 3.05) is 7.05 Å². The van der Waals surface area contributed by atoms with Crippen LogP contribution in [0.4, 0.5) is 4.79 Å². The predicted molar refractivity (Wildman–Crippen MR) is 93.0 cm³/mol. The molecular formula is C17H16ClN5O2. The second kappa shape index (κ2) is 7.76. The van der Waals surface area contributed by atoms with Gasteiger partial charge in [0.05, 0.1) is 6.54 Å². The van der Waals surface area contributed by atoms with Gasteiger partial charge in [0, 0.05) is 23.2 Å². The number of hydrogen-bond donors (Lipinski definition) is 1. The molecule has 0 spiro atoms. The number of halogens is 1. The van der Waals surface area contributed by atoms with Gasteiger partial charge in [0.25, 0.3) is 0 Å². The Hall–Kier alpha value is -2.93. The lowest BCUT2D eigenvalue weighted by molar-refractivity contribution is 0.0868. The average molecular weight is 358 g/mol. The molecule has 128 valence electrons. The SMILES string of the molecule is CNC(=O)OC(Cn1nnnc1-c1ccccc1)c1ccccc1Cl. The fourth-order valence-corrected chi connectivity index (χ4v) is 2.66. The number of nitrogens with one attached hydrogen (secondary N) is 1. The minimum absolute atomic E-state index is 0.231. The van der Waals surface area contributed by atoms with E-state index in [1.807, 2.05) is 48.5 Å². The number of amides is 1. The average Bonchev–Trinajstić information content (AvgIpc) is 3.10. The Morgan fingerprint density at radius 3 is 2.64 bits per heavy atom. The van der Waals surface area contributed by atoms with Crippen molar-refractivity contribution in [3.63, 3.8) is 0 Å². The molecule has 0 fully saturated rings. The fraction of sp³-hybridized carbons (Fsp3) is 0.176. The molecule has 8 heteroatoms. The first-order chi connectivity index (χ1) is 12.2. The van der Waals surface area contributed by atoms with E-state index >= 15 is 0 Å². The first-order valence-electron chi connectivity index (χ1n) is 7.63. The molecule has 7 nitrogen and oxygen atoms in total. The molecule has 0 radical (unpaired) electrons. The summed E-state index contributed by atoms with van der Waals surface area (Å²) in [5, 5.41) is 14.8. The highest BCUT2D eigenvalue weighted by molar-refractivity contribution is 6.31. The van der Waals surface area contributed by atoms with Crippen molar-refractivity contribution < 1.29 is 9.53 Å². The summed E-state index contributed by atoms with van der Waals surface area (Å²) in [7, 11) is 1.50. The molecule has 1 heterocycles. The van der Waals surface area contributed by atoms with E-state index in [4.69, 9.17) is 16.3 Å². The van der Waals surface area contributed by atoms with E-state index in [1.54, 1.807) is 10.7 Å². The summed E-state index contributed by atoms with van der Waals surface area (Å²) in [6.07, 6.45) is -1.20. The first kappa shape index (κ1) is 16.9. The smallest absolute Gasteiger partial charge is 0.407 e. The van der Waals surface area contributed by atoms with Gasteiger partial charge in [0.2, 0.25) is 0 Å². The van der Waals surface area contributed by atoms with Gasteiger partial charge >= 0.3 is 6.09 Å². The molecule has 1 amide bonds. The highest BCUT2D eigenvalue weighted by Gasteiger charge is 2.22. The zero-order valence-electron chi connectivity index (χ0n) is 13.5. The zero-order valence-corrected chi connectivity index (χ0v) is 14.2. The van der Waals surface area contributed by atoms with E-state index in [2.05, 4.69) is 20.8 Å². The summed E-state index contributed by atoms with van der Waals surface area (Å²) in [5.41, 5.74) is 1.55. The van der Waals surface area contributed by atoms with E-state index in [1.165, 1.54) is 7.05 Å². The van der Waals surface area contributed by atoms with Gasteiger partial charge in [-0.15, -0.1) is 5.10 Å². The number of tetrazole rings is 1. The lowest BCUT2D eigenvalue weighted by Crippen LogP contribution is -2.25. The van der Waals surface area contributed by atoms with E-state index in [0.29, 0.717) is 16.4 Å². The quantitative estimate of drug-likeness (QED) is 0.758. The molecule has 3 rings (SSSR count). The summed E-state index contributed by atoms with van der Waals surface area (Å²) >= 11 is 6.27. The van der Waals surface area contributed by atoms with E-state index < -0.39 is 12.2 Å². The number of benzene rings is 2. The second-order valence-electron chi connectivity index (χ2n) is 5.22. The van der Waals surface area contributed by atoms with Crippen molar-refractivity contribution >= 4 is 17.7 Å². The van der Waals surface area contributed by atoms with Gasteiger partial charge in [-0.05, 0) is 16.5 Å². The summed E-state index contributed by atoms with van der Waals surface area (Å²) in [5.74, 6) is 0.582. The summed E-state index contributed by atoms with van der Waals surface area (Å²) in [6.45, 7) is 0.231. The highest BCUT2D eigenvalue weighted by Crippen LogP contribution is 2.28. The summed E-state index contributed by atoms with van der Waals surface area (Å²) < 4.78 is 7.07. The number of ether oxygens (including phenoxy) is 1. The van der Waals surface area contributed by atoms with Gasteiger partial charge in [-0.3, -0.25) is 0 Å². The molecule has 0 aliphatic rings. The normalized spacial score (nSPS) is 11.8. The highest BCUT2D eigenvalue weighted by atomic mass is 35.5. The molecule has 3 aromatic rings. The Bertz CT molecular complexity index is 853. The van der Waals surface area contributed by atoms with Crippen LogP contribution in [0.2, 0.25) is 5.02 Å². The van der Waals surface area contributed by atoms with Crippen molar-refractivity contribution in [2.24, 2.45) is 0 Å². The Kier molecular flexibility index (Phi) is 5.25. The first-order valence-corrected chi connectivity index (χ1v) is 8.01. The molecule has 1 N–H and O–H groups in total. The van der Waals surface area contributed by atoms with Gasteiger partial charge in [-0.1, -0.05) is 60.1 Å². The number of carbonyl (C=O) groups is 1. The van der Waals surface area contributed by atoms with Crippen LogP contribution in [0.25, 0.3) is 11.4 Å². The van der Waals surface area contributed by atoms with Crippen LogP contribution < -0.4 is 5.32 Å². The lowest BCUT2D eigenvalue weighted by atomic mass is 10.1. The Morgan fingerprint density at radius 1 is 1.20 bits per heavy atom. The molecule has 2 aromatic carbocycles. The third-order valence-corrected chi connectivity index (χ3v) is 3.95. The third-order valence-electron chi connectivity index (χ3n) is 3.61. The minimum Gasteiger partial charge on any atom is -0.439 e. The van der Waals surface area contributed by atoms with Crippen LogP contribution in [0.1, 0.15) is 11.7 Å². The molecule has 0 saturated heterocycles. The van der Waals surface area contributed by atoms with E-state index in [-0.39, 0.29) is 6.54 Å². The fourth-order valence-electron chi connectivity index (χ4n) is 2.40. The topological polar surface area (TPSA) is 81.9 Å². The number of nitrogens with zero attached hydrogens (tertiary/aromatic N) is 4. The summed E-state index contributed by atoms with van der Waals surface area (Å²) in [6, 6.07) is 16.7. The van der Waals surface area contributed by atoms with Gasteiger partial charge in [0.1, 0.15) is 6.10 Å². The van der Waals surface area contributed by atoms with Crippen molar-refractivity contribution in [1.29, 1.82) is 0 Å². The van der Waals surface area contributed by atoms with Crippen LogP contribution in [-0.2, 0) is 11.3 Å². The second-order valence-corrected chi connectivity index (χ2v) is 5.62. The van der Waals surface area contributed by atoms with Crippen molar-refractivity contribution in [3.05, 3.63) is 65.2 Å². The van der Waals surface area contributed by atoms with Crippen molar-refractivity contribution in [1.82, 2.24) is 25.5 Å². The number of rotatable bonds is 5. The maximum Gasteiger partial charge on any atom is 0.407 e. The third kappa shape index (κ3) is 3.95. The largest absolute Gasteiger partial charge is 0.439 e.